The van der Waals surface area contributed by atoms with Crippen LogP contribution >= 0.6 is 0 Å². The summed E-state index contributed by atoms with van der Waals surface area (Å²) in [5.41, 5.74) is 7.05. The van der Waals surface area contributed by atoms with E-state index in [-0.39, 0.29) is 6.61 Å². The number of aliphatic hydroxyl groups excluding tert-OH is 1. The summed E-state index contributed by atoms with van der Waals surface area (Å²) in [4.78, 5) is 4.01. The number of nitrogens with zero attached hydrogens (tertiary/aromatic N) is 1. The van der Waals surface area contributed by atoms with Crippen LogP contribution in [0.1, 0.15) is 18.1 Å². The van der Waals surface area contributed by atoms with Gasteiger partial charge in [-0.3, -0.25) is 4.98 Å². The summed E-state index contributed by atoms with van der Waals surface area (Å²) in [6.07, 6.45) is 3.44. The van der Waals surface area contributed by atoms with Gasteiger partial charge in [-0.15, -0.1) is 0 Å². The van der Waals surface area contributed by atoms with Crippen molar-refractivity contribution in [1.82, 2.24) is 4.98 Å². The van der Waals surface area contributed by atoms with E-state index in [1.54, 1.807) is 19.3 Å². The van der Waals surface area contributed by atoms with Gasteiger partial charge in [-0.2, -0.15) is 0 Å². The van der Waals surface area contributed by atoms with Gasteiger partial charge in [-0.25, -0.2) is 0 Å². The van der Waals surface area contributed by atoms with E-state index in [9.17, 15) is 0 Å². The second-order valence-electron chi connectivity index (χ2n) is 3.33. The maximum atomic E-state index is 8.99. The molecule has 1 rings (SSSR count). The van der Waals surface area contributed by atoms with Gasteiger partial charge >= 0.3 is 0 Å². The maximum Gasteiger partial charge on any atom is 0.0651 e. The molecule has 1 heterocycles. The van der Waals surface area contributed by atoms with Crippen molar-refractivity contribution >= 4 is 0 Å². The third-order valence-electron chi connectivity index (χ3n) is 1.86. The third kappa shape index (κ3) is 1.81. The molecule has 3 heteroatoms. The van der Waals surface area contributed by atoms with Crippen LogP contribution in [-0.4, -0.2) is 16.7 Å². The molecule has 0 amide bonds. The second kappa shape index (κ2) is 3.21. The summed E-state index contributed by atoms with van der Waals surface area (Å²) in [6, 6.07) is 1.93. The summed E-state index contributed by atoms with van der Waals surface area (Å²) < 4.78 is 0. The summed E-state index contributed by atoms with van der Waals surface area (Å²) >= 11 is 0. The molecule has 1 aromatic heterocycles. The van der Waals surface area contributed by atoms with Crippen LogP contribution in [0.2, 0.25) is 0 Å². The zero-order chi connectivity index (χ0) is 9.19. The van der Waals surface area contributed by atoms with Crippen molar-refractivity contribution in [3.63, 3.8) is 0 Å². The average Bonchev–Trinajstić information content (AvgIpc) is 2.05. The highest BCUT2D eigenvalue weighted by molar-refractivity contribution is 5.23. The largest absolute Gasteiger partial charge is 0.394 e. The van der Waals surface area contributed by atoms with Crippen molar-refractivity contribution in [2.75, 3.05) is 6.61 Å². The highest BCUT2D eigenvalue weighted by atomic mass is 16.3. The van der Waals surface area contributed by atoms with Crippen molar-refractivity contribution in [2.24, 2.45) is 5.73 Å². The normalized spacial score (nSPS) is 15.7. The van der Waals surface area contributed by atoms with Crippen LogP contribution in [-0.2, 0) is 5.54 Å². The topological polar surface area (TPSA) is 59.1 Å². The monoisotopic (exact) mass is 166 g/mol. The van der Waals surface area contributed by atoms with Crippen molar-refractivity contribution in [2.45, 2.75) is 19.4 Å². The molecule has 3 nitrogen and oxygen atoms in total. The molecular weight excluding hydrogens is 152 g/mol. The van der Waals surface area contributed by atoms with Crippen LogP contribution in [0.4, 0.5) is 0 Å². The first kappa shape index (κ1) is 9.16. The molecule has 0 aliphatic carbocycles. The molecule has 12 heavy (non-hydrogen) atoms. The lowest BCUT2D eigenvalue weighted by atomic mass is 9.95. The fraction of sp³-hybridized carbons (Fsp3) is 0.444. The Morgan fingerprint density at radius 2 is 2.25 bits per heavy atom. The maximum absolute atomic E-state index is 8.99. The Hall–Kier alpha value is -0.930. The molecule has 0 aliphatic heterocycles. The first-order valence-electron chi connectivity index (χ1n) is 3.88. The lowest BCUT2D eigenvalue weighted by Crippen LogP contribution is -2.37. The van der Waals surface area contributed by atoms with Crippen LogP contribution in [0.5, 0.6) is 0 Å². The second-order valence-corrected chi connectivity index (χ2v) is 3.33. The molecule has 0 bridgehead atoms. The molecule has 1 unspecified atom stereocenters. The van der Waals surface area contributed by atoms with E-state index in [4.69, 9.17) is 10.8 Å². The number of aliphatic hydroxyl groups is 1. The lowest BCUT2D eigenvalue weighted by Gasteiger charge is -2.21. The molecule has 66 valence electrons. The predicted octanol–water partition coefficient (Wildman–Crippen LogP) is 0.556. The number of rotatable bonds is 2. The molecule has 0 radical (unpaired) electrons. The minimum absolute atomic E-state index is 0.0713. The number of hydrogen-bond acceptors (Lipinski definition) is 3. The predicted molar refractivity (Wildman–Crippen MR) is 47.6 cm³/mol. The van der Waals surface area contributed by atoms with E-state index in [1.807, 2.05) is 13.0 Å². The number of hydrogen-bond donors (Lipinski definition) is 2. The molecule has 3 N–H and O–H groups in total. The highest BCUT2D eigenvalue weighted by Crippen LogP contribution is 2.16. The lowest BCUT2D eigenvalue weighted by molar-refractivity contribution is 0.209. The zero-order valence-corrected chi connectivity index (χ0v) is 7.41. The van der Waals surface area contributed by atoms with Crippen LogP contribution in [0.25, 0.3) is 0 Å². The Morgan fingerprint density at radius 3 is 2.75 bits per heavy atom. The summed E-state index contributed by atoms with van der Waals surface area (Å²) in [5.74, 6) is 0. The molecule has 1 aromatic rings. The molecule has 0 aromatic carbocycles. The number of pyridine rings is 1. The van der Waals surface area contributed by atoms with Crippen LogP contribution in [0.3, 0.4) is 0 Å². The first-order valence-corrected chi connectivity index (χ1v) is 3.88. The van der Waals surface area contributed by atoms with Gasteiger partial charge in [-0.05, 0) is 25.0 Å². The Balaban J connectivity index is 3.03. The Kier molecular flexibility index (Phi) is 2.45. The number of nitrogens with two attached hydrogens (primary N) is 1. The van der Waals surface area contributed by atoms with Gasteiger partial charge in [0.15, 0.2) is 0 Å². The third-order valence-corrected chi connectivity index (χ3v) is 1.86. The molecule has 0 saturated carbocycles. The van der Waals surface area contributed by atoms with Crippen molar-refractivity contribution in [3.8, 4) is 0 Å². The van der Waals surface area contributed by atoms with Crippen molar-refractivity contribution < 1.29 is 5.11 Å². The molecule has 1 atom stereocenters. The molecule has 0 saturated heterocycles. The van der Waals surface area contributed by atoms with E-state index in [2.05, 4.69) is 4.98 Å². The van der Waals surface area contributed by atoms with E-state index in [0.29, 0.717) is 0 Å². The van der Waals surface area contributed by atoms with Gasteiger partial charge in [-0.1, -0.05) is 6.07 Å². The minimum Gasteiger partial charge on any atom is -0.394 e. The van der Waals surface area contributed by atoms with Gasteiger partial charge in [0.1, 0.15) is 0 Å². The zero-order valence-electron chi connectivity index (χ0n) is 7.41. The van der Waals surface area contributed by atoms with Crippen LogP contribution < -0.4 is 5.73 Å². The fourth-order valence-corrected chi connectivity index (χ4v) is 0.959. The van der Waals surface area contributed by atoms with Gasteiger partial charge in [0.25, 0.3) is 0 Å². The quantitative estimate of drug-likeness (QED) is 0.674. The number of aryl methyl sites for hydroxylation is 1. The smallest absolute Gasteiger partial charge is 0.0651 e. The molecular formula is C9H14N2O. The summed E-state index contributed by atoms with van der Waals surface area (Å²) in [5, 5.41) is 8.99. The van der Waals surface area contributed by atoms with Crippen LogP contribution in [0, 0.1) is 6.92 Å². The van der Waals surface area contributed by atoms with Crippen molar-refractivity contribution in [1.29, 1.82) is 0 Å². The Bertz CT molecular complexity index is 271. The molecule has 0 spiro atoms. The fourth-order valence-electron chi connectivity index (χ4n) is 0.959. The van der Waals surface area contributed by atoms with Crippen LogP contribution in [0.15, 0.2) is 18.5 Å². The molecule has 0 aliphatic rings. The van der Waals surface area contributed by atoms with Gasteiger partial charge in [0, 0.05) is 12.4 Å². The Morgan fingerprint density at radius 1 is 1.58 bits per heavy atom. The number of aromatic nitrogens is 1. The van der Waals surface area contributed by atoms with E-state index in [1.165, 1.54) is 0 Å². The Labute approximate surface area is 72.2 Å². The average molecular weight is 166 g/mol. The summed E-state index contributed by atoms with van der Waals surface area (Å²) in [7, 11) is 0. The van der Waals surface area contributed by atoms with E-state index in [0.717, 1.165) is 11.1 Å². The SMILES string of the molecule is Cc1cncc(C(C)(N)CO)c1. The first-order chi connectivity index (χ1) is 5.56. The minimum atomic E-state index is -0.682. The summed E-state index contributed by atoms with van der Waals surface area (Å²) in [6.45, 7) is 3.66. The molecule has 0 fully saturated rings. The van der Waals surface area contributed by atoms with E-state index >= 15 is 0 Å². The highest BCUT2D eigenvalue weighted by Gasteiger charge is 2.19. The van der Waals surface area contributed by atoms with Crippen molar-refractivity contribution in [3.05, 3.63) is 29.6 Å². The van der Waals surface area contributed by atoms with Gasteiger partial charge < -0.3 is 10.8 Å². The van der Waals surface area contributed by atoms with E-state index < -0.39 is 5.54 Å². The van der Waals surface area contributed by atoms with Gasteiger partial charge in [0.2, 0.25) is 0 Å². The standard InChI is InChI=1S/C9H14N2O/c1-7-3-8(5-11-4-7)9(2,10)6-12/h3-5,12H,6,10H2,1-2H3. The van der Waals surface area contributed by atoms with Gasteiger partial charge in [0.05, 0.1) is 12.1 Å².